The predicted molar refractivity (Wildman–Crippen MR) is 55.6 cm³/mol. The van der Waals surface area contributed by atoms with Gasteiger partial charge in [0, 0.05) is 0 Å². The lowest BCUT2D eigenvalue weighted by atomic mass is 10.2. The Morgan fingerprint density at radius 2 is 2.06 bits per heavy atom. The minimum absolute atomic E-state index is 0.0160. The highest BCUT2D eigenvalue weighted by Crippen LogP contribution is 2.20. The molecule has 8 heteroatoms. The van der Waals surface area contributed by atoms with Crippen LogP contribution in [0.25, 0.3) is 11.0 Å². The van der Waals surface area contributed by atoms with Crippen LogP contribution in [0.1, 0.15) is 10.4 Å². The van der Waals surface area contributed by atoms with Gasteiger partial charge in [-0.05, 0) is 18.2 Å². The monoisotopic (exact) mass is 260 g/mol. The van der Waals surface area contributed by atoms with Crippen LogP contribution in [0.5, 0.6) is 0 Å². The van der Waals surface area contributed by atoms with Gasteiger partial charge >= 0.3 is 17.8 Å². The molecule has 0 aliphatic rings. The number of aromatic amines is 1. The van der Waals surface area contributed by atoms with Crippen molar-refractivity contribution in [1.29, 1.82) is 0 Å². The smallest absolute Gasteiger partial charge is 0.406 e. The number of carboxylic acid groups (broad SMARTS) is 1. The van der Waals surface area contributed by atoms with Crippen molar-refractivity contribution in [1.82, 2.24) is 9.55 Å². The molecule has 0 radical (unpaired) electrons. The van der Waals surface area contributed by atoms with E-state index in [4.69, 9.17) is 5.11 Å². The molecule has 0 bridgehead atoms. The van der Waals surface area contributed by atoms with Gasteiger partial charge in [0.1, 0.15) is 6.54 Å². The third-order valence-electron chi connectivity index (χ3n) is 2.36. The van der Waals surface area contributed by atoms with E-state index in [9.17, 15) is 22.8 Å². The number of nitrogens with zero attached hydrogens (tertiary/aromatic N) is 1. The summed E-state index contributed by atoms with van der Waals surface area (Å²) in [5, 5.41) is 8.73. The Morgan fingerprint density at radius 3 is 2.61 bits per heavy atom. The van der Waals surface area contributed by atoms with Crippen LogP contribution >= 0.6 is 0 Å². The Morgan fingerprint density at radius 1 is 1.39 bits per heavy atom. The maximum atomic E-state index is 12.3. The Balaban J connectivity index is 2.59. The molecule has 2 aromatic rings. The minimum atomic E-state index is -4.52. The summed E-state index contributed by atoms with van der Waals surface area (Å²) in [4.78, 5) is 24.2. The van der Waals surface area contributed by atoms with E-state index in [1.807, 2.05) is 0 Å². The van der Waals surface area contributed by atoms with E-state index in [0.29, 0.717) is 4.57 Å². The maximum absolute atomic E-state index is 12.3. The Labute approximate surface area is 97.5 Å². The molecular formula is C10H7F3N2O3. The molecule has 0 amide bonds. The summed E-state index contributed by atoms with van der Waals surface area (Å²) in [7, 11) is 0. The minimum Gasteiger partial charge on any atom is -0.478 e. The number of fused-ring (bicyclic) bond motifs is 1. The van der Waals surface area contributed by atoms with Crippen LogP contribution < -0.4 is 5.69 Å². The second kappa shape index (κ2) is 3.90. The lowest BCUT2D eigenvalue weighted by molar-refractivity contribution is -0.140. The highest BCUT2D eigenvalue weighted by atomic mass is 19.4. The molecule has 0 saturated heterocycles. The maximum Gasteiger partial charge on any atom is 0.406 e. The predicted octanol–water partition coefficient (Wildman–Crippen LogP) is 1.59. The number of aromatic carboxylic acids is 1. The number of alkyl halides is 3. The summed E-state index contributed by atoms with van der Waals surface area (Å²) in [6.45, 7) is -1.42. The molecular weight excluding hydrogens is 253 g/mol. The molecule has 1 aromatic heterocycles. The van der Waals surface area contributed by atoms with Gasteiger partial charge in [0.25, 0.3) is 0 Å². The van der Waals surface area contributed by atoms with Gasteiger partial charge in [-0.3, -0.25) is 4.57 Å². The fraction of sp³-hybridized carbons (Fsp3) is 0.200. The Bertz CT molecular complexity index is 669. The fourth-order valence-electron chi connectivity index (χ4n) is 1.63. The number of carboxylic acids is 1. The van der Waals surface area contributed by atoms with Gasteiger partial charge in [0.05, 0.1) is 16.6 Å². The molecule has 5 nitrogen and oxygen atoms in total. The molecule has 2 rings (SSSR count). The molecule has 1 heterocycles. The SMILES string of the molecule is O=C(O)c1ccc2c(c1)[nH]c(=O)n2CC(F)(F)F. The number of aromatic nitrogens is 2. The zero-order valence-electron chi connectivity index (χ0n) is 8.78. The summed E-state index contributed by atoms with van der Waals surface area (Å²) in [5.74, 6) is -1.22. The van der Waals surface area contributed by atoms with E-state index >= 15 is 0 Å². The average molecular weight is 260 g/mol. The van der Waals surface area contributed by atoms with Crippen molar-refractivity contribution in [3.63, 3.8) is 0 Å². The van der Waals surface area contributed by atoms with Crippen LogP contribution in [0.3, 0.4) is 0 Å². The van der Waals surface area contributed by atoms with Gasteiger partial charge < -0.3 is 10.1 Å². The molecule has 18 heavy (non-hydrogen) atoms. The third-order valence-corrected chi connectivity index (χ3v) is 2.36. The van der Waals surface area contributed by atoms with Gasteiger partial charge in [0.2, 0.25) is 0 Å². The van der Waals surface area contributed by atoms with E-state index in [0.717, 1.165) is 12.1 Å². The molecule has 0 aliphatic carbocycles. The van der Waals surface area contributed by atoms with E-state index in [-0.39, 0.29) is 16.6 Å². The summed E-state index contributed by atoms with van der Waals surface area (Å²) in [6.07, 6.45) is -4.52. The van der Waals surface area contributed by atoms with Crippen molar-refractivity contribution < 1.29 is 23.1 Å². The van der Waals surface area contributed by atoms with Gasteiger partial charge in [-0.1, -0.05) is 0 Å². The highest BCUT2D eigenvalue weighted by Gasteiger charge is 2.29. The molecule has 0 saturated carbocycles. The quantitative estimate of drug-likeness (QED) is 0.860. The van der Waals surface area contributed by atoms with Gasteiger partial charge in [-0.25, -0.2) is 9.59 Å². The van der Waals surface area contributed by atoms with Gasteiger partial charge in [-0.15, -0.1) is 0 Å². The van der Waals surface area contributed by atoms with Gasteiger partial charge in [0.15, 0.2) is 0 Å². The van der Waals surface area contributed by atoms with Crippen LogP contribution in [0.2, 0.25) is 0 Å². The molecule has 96 valence electrons. The number of benzene rings is 1. The second-order valence-corrected chi connectivity index (χ2v) is 3.67. The third kappa shape index (κ3) is 2.22. The largest absolute Gasteiger partial charge is 0.478 e. The first-order valence-corrected chi connectivity index (χ1v) is 4.80. The molecule has 0 atom stereocenters. The first-order valence-electron chi connectivity index (χ1n) is 4.80. The van der Waals surface area contributed by atoms with Crippen LogP contribution in [0, 0.1) is 0 Å². The number of hydrogen-bond donors (Lipinski definition) is 2. The van der Waals surface area contributed by atoms with Crippen LogP contribution in [0.15, 0.2) is 23.0 Å². The normalized spacial score (nSPS) is 11.9. The number of imidazole rings is 1. The van der Waals surface area contributed by atoms with E-state index < -0.39 is 24.4 Å². The number of halogens is 3. The number of carbonyl (C=O) groups is 1. The zero-order chi connectivity index (χ0) is 13.5. The Hall–Kier alpha value is -2.25. The fourth-order valence-corrected chi connectivity index (χ4v) is 1.63. The summed E-state index contributed by atoms with van der Waals surface area (Å²) in [5.41, 5.74) is -0.959. The van der Waals surface area contributed by atoms with Crippen LogP contribution in [-0.2, 0) is 6.54 Å². The van der Waals surface area contributed by atoms with Crippen LogP contribution in [0.4, 0.5) is 13.2 Å². The molecule has 2 N–H and O–H groups in total. The van der Waals surface area contributed by atoms with Crippen LogP contribution in [-0.4, -0.2) is 26.8 Å². The van der Waals surface area contributed by atoms with E-state index in [1.165, 1.54) is 6.07 Å². The second-order valence-electron chi connectivity index (χ2n) is 3.67. The first-order chi connectivity index (χ1) is 8.28. The van der Waals surface area contributed by atoms with Crippen molar-refractivity contribution in [3.8, 4) is 0 Å². The van der Waals surface area contributed by atoms with Crippen molar-refractivity contribution in [3.05, 3.63) is 34.2 Å². The van der Waals surface area contributed by atoms with Crippen molar-refractivity contribution in [2.24, 2.45) is 0 Å². The topological polar surface area (TPSA) is 75.1 Å². The number of nitrogens with one attached hydrogen (secondary N) is 1. The summed E-state index contributed by atoms with van der Waals surface area (Å²) < 4.78 is 37.3. The van der Waals surface area contributed by atoms with Crippen molar-refractivity contribution in [2.75, 3.05) is 0 Å². The lowest BCUT2D eigenvalue weighted by Gasteiger charge is -2.07. The standard InChI is InChI=1S/C10H7F3N2O3/c11-10(12,13)4-15-7-2-1-5(8(16)17)3-6(7)14-9(15)18/h1-3H,4H2,(H,14,18)(H,16,17). The summed E-state index contributed by atoms with van der Waals surface area (Å²) >= 11 is 0. The van der Waals surface area contributed by atoms with Crippen molar-refractivity contribution in [2.45, 2.75) is 12.7 Å². The number of H-pyrrole nitrogens is 1. The number of rotatable bonds is 2. The van der Waals surface area contributed by atoms with E-state index in [1.54, 1.807) is 0 Å². The van der Waals surface area contributed by atoms with Crippen molar-refractivity contribution >= 4 is 17.0 Å². The zero-order valence-corrected chi connectivity index (χ0v) is 8.78. The molecule has 0 spiro atoms. The molecule has 0 unspecified atom stereocenters. The number of hydrogen-bond acceptors (Lipinski definition) is 2. The first kappa shape index (κ1) is 12.2. The van der Waals surface area contributed by atoms with Gasteiger partial charge in [-0.2, -0.15) is 13.2 Å². The molecule has 1 aromatic carbocycles. The summed E-state index contributed by atoms with van der Waals surface area (Å²) in [6, 6.07) is 3.43. The molecule has 0 aliphatic heterocycles. The van der Waals surface area contributed by atoms with E-state index in [2.05, 4.69) is 4.98 Å². The molecule has 0 fully saturated rings. The Kier molecular flexibility index (Phi) is 2.64. The highest BCUT2D eigenvalue weighted by molar-refractivity contribution is 5.92. The average Bonchev–Trinajstić information content (AvgIpc) is 2.52. The lowest BCUT2D eigenvalue weighted by Crippen LogP contribution is -2.26.